The predicted octanol–water partition coefficient (Wildman–Crippen LogP) is -1.53. The van der Waals surface area contributed by atoms with Crippen molar-refractivity contribution in [3.8, 4) is 0 Å². The van der Waals surface area contributed by atoms with Crippen molar-refractivity contribution >= 4 is 5.91 Å². The fourth-order valence-corrected chi connectivity index (χ4v) is 2.67. The Morgan fingerprint density at radius 1 is 1.33 bits per heavy atom. The lowest BCUT2D eigenvalue weighted by molar-refractivity contribution is -0.122. The Labute approximate surface area is 108 Å². The second kappa shape index (κ2) is 7.04. The number of nitrogens with zero attached hydrogens (tertiary/aromatic N) is 2. The van der Waals surface area contributed by atoms with E-state index in [4.69, 9.17) is 10.5 Å². The molecule has 0 aromatic carbocycles. The van der Waals surface area contributed by atoms with E-state index in [1.54, 1.807) is 0 Å². The highest BCUT2D eigenvalue weighted by atomic mass is 16.5. The van der Waals surface area contributed by atoms with Crippen LogP contribution >= 0.6 is 0 Å². The Morgan fingerprint density at radius 3 is 2.83 bits per heavy atom. The van der Waals surface area contributed by atoms with Gasteiger partial charge in [0.25, 0.3) is 0 Å². The van der Waals surface area contributed by atoms with Crippen LogP contribution in [0.2, 0.25) is 0 Å². The predicted molar refractivity (Wildman–Crippen MR) is 69.3 cm³/mol. The van der Waals surface area contributed by atoms with Gasteiger partial charge in [-0.3, -0.25) is 14.6 Å². The lowest BCUT2D eigenvalue weighted by Crippen LogP contribution is -2.45. The Bertz CT molecular complexity index is 269. The molecule has 2 aliphatic heterocycles. The van der Waals surface area contributed by atoms with Crippen LogP contribution in [0.3, 0.4) is 0 Å². The fraction of sp³-hybridized carbons (Fsp3) is 0.917. The van der Waals surface area contributed by atoms with Gasteiger partial charge in [0, 0.05) is 45.3 Å². The van der Waals surface area contributed by atoms with Crippen molar-refractivity contribution in [2.24, 2.45) is 5.73 Å². The van der Waals surface area contributed by atoms with Crippen molar-refractivity contribution in [3.63, 3.8) is 0 Å². The maximum atomic E-state index is 11.6. The first-order valence-corrected chi connectivity index (χ1v) is 6.80. The highest BCUT2D eigenvalue weighted by Gasteiger charge is 2.29. The van der Waals surface area contributed by atoms with E-state index in [0.717, 1.165) is 45.8 Å². The van der Waals surface area contributed by atoms with Crippen molar-refractivity contribution in [2.75, 3.05) is 59.0 Å². The quantitative estimate of drug-likeness (QED) is 0.624. The summed E-state index contributed by atoms with van der Waals surface area (Å²) in [5.41, 5.74) is 5.36. The van der Waals surface area contributed by atoms with Crippen molar-refractivity contribution in [1.29, 1.82) is 0 Å². The van der Waals surface area contributed by atoms with Crippen LogP contribution in [0.4, 0.5) is 0 Å². The number of morpholine rings is 1. The zero-order valence-corrected chi connectivity index (χ0v) is 10.9. The molecule has 18 heavy (non-hydrogen) atoms. The van der Waals surface area contributed by atoms with E-state index in [0.29, 0.717) is 25.7 Å². The van der Waals surface area contributed by atoms with Crippen molar-refractivity contribution in [1.82, 2.24) is 15.1 Å². The molecule has 6 heteroatoms. The lowest BCUT2D eigenvalue weighted by atomic mass is 10.2. The Morgan fingerprint density at radius 2 is 2.11 bits per heavy atom. The molecule has 104 valence electrons. The van der Waals surface area contributed by atoms with Crippen LogP contribution in [0.5, 0.6) is 0 Å². The van der Waals surface area contributed by atoms with Gasteiger partial charge < -0.3 is 15.8 Å². The number of hydrogen-bond acceptors (Lipinski definition) is 5. The van der Waals surface area contributed by atoms with Gasteiger partial charge in [-0.05, 0) is 6.42 Å². The number of nitrogens with one attached hydrogen (secondary N) is 1. The highest BCUT2D eigenvalue weighted by Crippen LogP contribution is 2.16. The fourth-order valence-electron chi connectivity index (χ4n) is 2.67. The lowest BCUT2D eigenvalue weighted by Gasteiger charge is -2.32. The second-order valence-corrected chi connectivity index (χ2v) is 4.96. The number of hydrogen-bond donors (Lipinski definition) is 2. The van der Waals surface area contributed by atoms with Crippen molar-refractivity contribution in [3.05, 3.63) is 0 Å². The average Bonchev–Trinajstić information content (AvgIpc) is 2.86. The molecule has 0 saturated carbocycles. The zero-order chi connectivity index (χ0) is 12.8. The first-order valence-electron chi connectivity index (χ1n) is 6.80. The van der Waals surface area contributed by atoms with Gasteiger partial charge in [-0.2, -0.15) is 0 Å². The molecule has 0 aromatic heterocycles. The zero-order valence-electron chi connectivity index (χ0n) is 10.9. The van der Waals surface area contributed by atoms with Gasteiger partial charge in [-0.1, -0.05) is 0 Å². The third-order valence-electron chi connectivity index (χ3n) is 3.64. The standard InChI is InChI=1S/C12H24N4O2/c13-2-3-14-12(17)10-15-4-1-11(9-15)16-5-7-18-8-6-16/h11H,1-10,13H2,(H,14,17). The van der Waals surface area contributed by atoms with Gasteiger partial charge >= 0.3 is 0 Å². The van der Waals surface area contributed by atoms with Crippen LogP contribution in [0.15, 0.2) is 0 Å². The van der Waals surface area contributed by atoms with Gasteiger partial charge in [0.05, 0.1) is 19.8 Å². The minimum Gasteiger partial charge on any atom is -0.379 e. The minimum absolute atomic E-state index is 0.0862. The molecule has 2 heterocycles. The van der Waals surface area contributed by atoms with Crippen LogP contribution in [0, 0.1) is 0 Å². The topological polar surface area (TPSA) is 70.8 Å². The Balaban J connectivity index is 1.69. The maximum Gasteiger partial charge on any atom is 0.234 e. The molecule has 2 fully saturated rings. The van der Waals surface area contributed by atoms with Gasteiger partial charge in [-0.15, -0.1) is 0 Å². The summed E-state index contributed by atoms with van der Waals surface area (Å²) in [4.78, 5) is 16.3. The summed E-state index contributed by atoms with van der Waals surface area (Å²) in [5, 5.41) is 2.81. The smallest absolute Gasteiger partial charge is 0.234 e. The molecular formula is C12H24N4O2. The summed E-state index contributed by atoms with van der Waals surface area (Å²) in [6, 6.07) is 0.594. The second-order valence-electron chi connectivity index (χ2n) is 4.96. The molecule has 1 unspecified atom stereocenters. The normalized spacial score (nSPS) is 26.4. The first kappa shape index (κ1) is 13.7. The van der Waals surface area contributed by atoms with E-state index >= 15 is 0 Å². The molecule has 1 amide bonds. The molecule has 2 saturated heterocycles. The molecule has 0 radical (unpaired) electrons. The number of amides is 1. The van der Waals surface area contributed by atoms with Crippen LogP contribution in [-0.4, -0.2) is 80.8 Å². The first-order chi connectivity index (χ1) is 8.79. The van der Waals surface area contributed by atoms with E-state index in [9.17, 15) is 4.79 Å². The molecule has 0 aromatic rings. The summed E-state index contributed by atoms with van der Waals surface area (Å²) in [5.74, 6) is 0.0862. The molecule has 3 N–H and O–H groups in total. The summed E-state index contributed by atoms with van der Waals surface area (Å²) in [6.07, 6.45) is 1.16. The third kappa shape index (κ3) is 3.91. The molecule has 6 nitrogen and oxygen atoms in total. The summed E-state index contributed by atoms with van der Waals surface area (Å²) >= 11 is 0. The molecule has 0 aliphatic carbocycles. The number of carbonyl (C=O) groups is 1. The molecule has 1 atom stereocenters. The molecule has 0 bridgehead atoms. The van der Waals surface area contributed by atoms with E-state index in [1.807, 2.05) is 0 Å². The minimum atomic E-state index is 0.0862. The number of carbonyl (C=O) groups excluding carboxylic acids is 1. The van der Waals surface area contributed by atoms with Gasteiger partial charge in [-0.25, -0.2) is 0 Å². The van der Waals surface area contributed by atoms with Crippen LogP contribution < -0.4 is 11.1 Å². The molecular weight excluding hydrogens is 232 g/mol. The van der Waals surface area contributed by atoms with Crippen molar-refractivity contribution < 1.29 is 9.53 Å². The number of rotatable bonds is 5. The number of nitrogens with two attached hydrogens (primary N) is 1. The van der Waals surface area contributed by atoms with Crippen LogP contribution in [-0.2, 0) is 9.53 Å². The van der Waals surface area contributed by atoms with E-state index in [-0.39, 0.29) is 5.91 Å². The number of ether oxygens (including phenoxy) is 1. The largest absolute Gasteiger partial charge is 0.379 e. The SMILES string of the molecule is NCCNC(=O)CN1CCC(N2CCOCC2)C1. The van der Waals surface area contributed by atoms with Crippen LogP contribution in [0.25, 0.3) is 0 Å². The Kier molecular flexibility index (Phi) is 5.37. The average molecular weight is 256 g/mol. The van der Waals surface area contributed by atoms with E-state index in [2.05, 4.69) is 15.1 Å². The number of likely N-dealkylation sites (tertiary alicyclic amines) is 1. The summed E-state index contributed by atoms with van der Waals surface area (Å²) < 4.78 is 5.36. The van der Waals surface area contributed by atoms with Crippen molar-refractivity contribution in [2.45, 2.75) is 12.5 Å². The highest BCUT2D eigenvalue weighted by molar-refractivity contribution is 5.78. The van der Waals surface area contributed by atoms with Gasteiger partial charge in [0.2, 0.25) is 5.91 Å². The monoisotopic (exact) mass is 256 g/mol. The van der Waals surface area contributed by atoms with E-state index < -0.39 is 0 Å². The summed E-state index contributed by atoms with van der Waals surface area (Å²) in [6.45, 7) is 7.31. The van der Waals surface area contributed by atoms with Gasteiger partial charge in [0.15, 0.2) is 0 Å². The molecule has 0 spiro atoms. The van der Waals surface area contributed by atoms with Crippen LogP contribution in [0.1, 0.15) is 6.42 Å². The summed E-state index contributed by atoms with van der Waals surface area (Å²) in [7, 11) is 0. The van der Waals surface area contributed by atoms with Gasteiger partial charge in [0.1, 0.15) is 0 Å². The van der Waals surface area contributed by atoms with E-state index in [1.165, 1.54) is 0 Å². The Hall–Kier alpha value is -0.690. The maximum absolute atomic E-state index is 11.6. The molecule has 2 rings (SSSR count). The third-order valence-corrected chi connectivity index (χ3v) is 3.64. The molecule has 2 aliphatic rings.